The average molecular weight is 206 g/mol. The lowest BCUT2D eigenvalue weighted by molar-refractivity contribution is 0.0996. The fraction of sp³-hybridized carbons (Fsp3) is 0.111. The van der Waals surface area contributed by atoms with Gasteiger partial charge in [0.25, 0.3) is 5.91 Å². The van der Waals surface area contributed by atoms with Gasteiger partial charge in [-0.3, -0.25) is 9.48 Å². The number of nitrogens with zero attached hydrogens (tertiary/aromatic N) is 2. The molecule has 0 aliphatic carbocycles. The van der Waals surface area contributed by atoms with Gasteiger partial charge >= 0.3 is 0 Å². The van der Waals surface area contributed by atoms with E-state index in [0.717, 1.165) is 0 Å². The van der Waals surface area contributed by atoms with Crippen LogP contribution in [0.2, 0.25) is 0 Å². The molecule has 2 aromatic heterocycles. The average Bonchev–Trinajstić information content (AvgIpc) is 2.82. The predicted molar refractivity (Wildman–Crippen MR) is 54.3 cm³/mol. The van der Waals surface area contributed by atoms with Crippen molar-refractivity contribution in [3.05, 3.63) is 30.4 Å². The molecule has 1 amide bonds. The van der Waals surface area contributed by atoms with E-state index in [9.17, 15) is 4.79 Å². The van der Waals surface area contributed by atoms with Crippen LogP contribution < -0.4 is 11.1 Å². The molecule has 2 heterocycles. The van der Waals surface area contributed by atoms with Crippen LogP contribution in [0.3, 0.4) is 0 Å². The third kappa shape index (κ3) is 1.69. The topological polar surface area (TPSA) is 86.1 Å². The highest BCUT2D eigenvalue weighted by molar-refractivity contribution is 6.03. The highest BCUT2D eigenvalue weighted by Gasteiger charge is 2.13. The van der Waals surface area contributed by atoms with Crippen molar-refractivity contribution >= 4 is 17.4 Å². The quantitative estimate of drug-likeness (QED) is 0.762. The molecule has 0 saturated carbocycles. The molecule has 0 atom stereocenters. The first kappa shape index (κ1) is 9.32. The van der Waals surface area contributed by atoms with Gasteiger partial charge in [0, 0.05) is 7.05 Å². The molecule has 6 heteroatoms. The molecule has 3 N–H and O–H groups in total. The van der Waals surface area contributed by atoms with Crippen molar-refractivity contribution < 1.29 is 9.21 Å². The third-order valence-electron chi connectivity index (χ3n) is 1.94. The highest BCUT2D eigenvalue weighted by atomic mass is 16.3. The number of nitrogens with one attached hydrogen (secondary N) is 1. The molecule has 2 rings (SSSR count). The second-order valence-electron chi connectivity index (χ2n) is 3.00. The smallest absolute Gasteiger partial charge is 0.292 e. The van der Waals surface area contributed by atoms with Crippen molar-refractivity contribution in [2.45, 2.75) is 0 Å². The molecule has 0 aromatic carbocycles. The highest BCUT2D eigenvalue weighted by Crippen LogP contribution is 2.16. The number of aromatic nitrogens is 2. The van der Waals surface area contributed by atoms with Crippen LogP contribution in [0.25, 0.3) is 0 Å². The zero-order valence-electron chi connectivity index (χ0n) is 8.10. The number of amides is 1. The fourth-order valence-electron chi connectivity index (χ4n) is 1.18. The zero-order valence-corrected chi connectivity index (χ0v) is 8.10. The van der Waals surface area contributed by atoms with Crippen molar-refractivity contribution in [3.63, 3.8) is 0 Å². The van der Waals surface area contributed by atoms with Crippen molar-refractivity contribution in [2.75, 3.05) is 11.1 Å². The van der Waals surface area contributed by atoms with Crippen LogP contribution in [0.4, 0.5) is 11.5 Å². The summed E-state index contributed by atoms with van der Waals surface area (Å²) in [7, 11) is 1.69. The number of hydrogen-bond donors (Lipinski definition) is 2. The second-order valence-corrected chi connectivity index (χ2v) is 3.00. The first-order chi connectivity index (χ1) is 7.18. The largest absolute Gasteiger partial charge is 0.459 e. The monoisotopic (exact) mass is 206 g/mol. The van der Waals surface area contributed by atoms with Crippen molar-refractivity contribution in [3.8, 4) is 0 Å². The van der Waals surface area contributed by atoms with Gasteiger partial charge in [0.15, 0.2) is 11.6 Å². The van der Waals surface area contributed by atoms with Gasteiger partial charge in [-0.25, -0.2) is 0 Å². The maximum Gasteiger partial charge on any atom is 0.292 e. The molecular formula is C9H10N4O2. The van der Waals surface area contributed by atoms with E-state index in [1.807, 2.05) is 0 Å². The molecule has 2 aromatic rings. The Hall–Kier alpha value is -2.24. The Bertz CT molecular complexity index is 453. The van der Waals surface area contributed by atoms with Crippen LogP contribution in [0, 0.1) is 0 Å². The number of carbonyl (C=O) groups excluding carboxylic acids is 1. The summed E-state index contributed by atoms with van der Waals surface area (Å²) in [6.45, 7) is 0. The first-order valence-corrected chi connectivity index (χ1v) is 4.31. The lowest BCUT2D eigenvalue weighted by atomic mass is 10.4. The number of anilines is 2. The normalized spacial score (nSPS) is 10.2. The minimum absolute atomic E-state index is 0.232. The summed E-state index contributed by atoms with van der Waals surface area (Å²) >= 11 is 0. The van der Waals surface area contributed by atoms with Crippen molar-refractivity contribution in [2.24, 2.45) is 7.05 Å². The summed E-state index contributed by atoms with van der Waals surface area (Å²) in [4.78, 5) is 11.6. The van der Waals surface area contributed by atoms with Crippen LogP contribution in [-0.2, 0) is 7.05 Å². The van der Waals surface area contributed by atoms with Crippen molar-refractivity contribution in [1.82, 2.24) is 9.78 Å². The minimum atomic E-state index is -0.352. The molecule has 0 radical (unpaired) electrons. The fourth-order valence-corrected chi connectivity index (χ4v) is 1.18. The molecule has 15 heavy (non-hydrogen) atoms. The van der Waals surface area contributed by atoms with Gasteiger partial charge in [0.2, 0.25) is 0 Å². The number of nitrogen functional groups attached to an aromatic ring is 1. The maximum atomic E-state index is 11.6. The summed E-state index contributed by atoms with van der Waals surface area (Å²) in [5.74, 6) is 0.335. The molecule has 6 nitrogen and oxygen atoms in total. The lowest BCUT2D eigenvalue weighted by Crippen LogP contribution is -2.14. The number of rotatable bonds is 2. The van der Waals surface area contributed by atoms with Gasteiger partial charge in [-0.15, -0.1) is 0 Å². The minimum Gasteiger partial charge on any atom is -0.459 e. The first-order valence-electron chi connectivity index (χ1n) is 4.31. The third-order valence-corrected chi connectivity index (χ3v) is 1.94. The molecule has 78 valence electrons. The summed E-state index contributed by atoms with van der Waals surface area (Å²) in [5.41, 5.74) is 6.03. The molecule has 0 spiro atoms. The molecule has 0 fully saturated rings. The molecular weight excluding hydrogens is 196 g/mol. The Morgan fingerprint density at radius 1 is 1.67 bits per heavy atom. The molecule has 0 bridgehead atoms. The zero-order chi connectivity index (χ0) is 10.8. The molecule has 0 aliphatic rings. The Morgan fingerprint density at radius 3 is 3.00 bits per heavy atom. The van der Waals surface area contributed by atoms with E-state index < -0.39 is 0 Å². The summed E-state index contributed by atoms with van der Waals surface area (Å²) in [6.07, 6.45) is 2.90. The summed E-state index contributed by atoms with van der Waals surface area (Å²) < 4.78 is 6.42. The van der Waals surface area contributed by atoms with Crippen LogP contribution >= 0.6 is 0 Å². The standard InChI is InChI=1S/C9H10N4O2/c1-13-8(6(10)5-11-13)12-9(14)7-3-2-4-15-7/h2-5H,10H2,1H3,(H,12,14). The maximum absolute atomic E-state index is 11.6. The van der Waals surface area contributed by atoms with Gasteiger partial charge in [0.1, 0.15) is 0 Å². The number of aryl methyl sites for hydroxylation is 1. The van der Waals surface area contributed by atoms with E-state index in [1.54, 1.807) is 19.2 Å². The Morgan fingerprint density at radius 2 is 2.47 bits per heavy atom. The predicted octanol–water partition coefficient (Wildman–Crippen LogP) is 0.848. The summed E-state index contributed by atoms with van der Waals surface area (Å²) in [6, 6.07) is 3.21. The van der Waals surface area contributed by atoms with Crippen LogP contribution in [0.1, 0.15) is 10.6 Å². The number of carbonyl (C=O) groups is 1. The molecule has 0 saturated heterocycles. The Kier molecular flexibility index (Phi) is 2.17. The number of furan rings is 1. The van der Waals surface area contributed by atoms with E-state index in [0.29, 0.717) is 11.5 Å². The van der Waals surface area contributed by atoms with Gasteiger partial charge in [0.05, 0.1) is 18.1 Å². The molecule has 0 aliphatic heterocycles. The van der Waals surface area contributed by atoms with E-state index in [4.69, 9.17) is 10.2 Å². The van der Waals surface area contributed by atoms with E-state index in [1.165, 1.54) is 17.1 Å². The van der Waals surface area contributed by atoms with E-state index >= 15 is 0 Å². The van der Waals surface area contributed by atoms with Gasteiger partial charge < -0.3 is 15.5 Å². The second kappa shape index (κ2) is 3.49. The Labute approximate surface area is 85.7 Å². The van der Waals surface area contributed by atoms with Crippen LogP contribution in [0.5, 0.6) is 0 Å². The van der Waals surface area contributed by atoms with Gasteiger partial charge in [-0.2, -0.15) is 5.10 Å². The van der Waals surface area contributed by atoms with Crippen LogP contribution in [-0.4, -0.2) is 15.7 Å². The van der Waals surface area contributed by atoms with E-state index in [2.05, 4.69) is 10.4 Å². The van der Waals surface area contributed by atoms with E-state index in [-0.39, 0.29) is 11.7 Å². The van der Waals surface area contributed by atoms with Crippen LogP contribution in [0.15, 0.2) is 29.0 Å². The summed E-state index contributed by atoms with van der Waals surface area (Å²) in [5, 5.41) is 6.50. The number of hydrogen-bond acceptors (Lipinski definition) is 4. The Balaban J connectivity index is 2.20. The lowest BCUT2D eigenvalue weighted by Gasteiger charge is -2.03. The van der Waals surface area contributed by atoms with Gasteiger partial charge in [-0.05, 0) is 12.1 Å². The SMILES string of the molecule is Cn1ncc(N)c1NC(=O)c1ccco1. The molecule has 0 unspecified atom stereocenters. The van der Waals surface area contributed by atoms with Gasteiger partial charge in [-0.1, -0.05) is 0 Å². The van der Waals surface area contributed by atoms with Crippen molar-refractivity contribution in [1.29, 1.82) is 0 Å². The number of nitrogens with two attached hydrogens (primary N) is 1.